The zero-order valence-corrected chi connectivity index (χ0v) is 15.0. The molecule has 0 spiro atoms. The number of rotatable bonds is 6. The second-order valence-electron chi connectivity index (χ2n) is 5.20. The molecule has 3 aromatic rings. The lowest BCUT2D eigenvalue weighted by atomic mass is 10.2. The first-order valence-electron chi connectivity index (χ1n) is 7.53. The van der Waals surface area contributed by atoms with Gasteiger partial charge < -0.3 is 15.4 Å². The largest absolute Gasteiger partial charge is 0.497 e. The molecule has 2 aromatic carbocycles. The van der Waals surface area contributed by atoms with Gasteiger partial charge in [0, 0.05) is 34.1 Å². The topological polar surface area (TPSA) is 63.2 Å². The van der Waals surface area contributed by atoms with Crippen molar-refractivity contribution in [2.24, 2.45) is 0 Å². The Morgan fingerprint density at radius 2 is 2.00 bits per heavy atom. The fourth-order valence-corrected chi connectivity index (χ4v) is 3.12. The predicted octanol–water partition coefficient (Wildman–Crippen LogP) is 4.67. The molecule has 0 saturated carbocycles. The van der Waals surface area contributed by atoms with E-state index in [1.54, 1.807) is 31.5 Å². The molecule has 0 aliphatic carbocycles. The summed E-state index contributed by atoms with van der Waals surface area (Å²) in [6, 6.07) is 14.5. The third-order valence-electron chi connectivity index (χ3n) is 3.47. The molecule has 2 N–H and O–H groups in total. The Morgan fingerprint density at radius 3 is 2.68 bits per heavy atom. The molecular formula is C18H16ClN3O2S. The summed E-state index contributed by atoms with van der Waals surface area (Å²) < 4.78 is 5.68. The molecular weight excluding hydrogens is 358 g/mol. The van der Waals surface area contributed by atoms with Crippen LogP contribution in [0, 0.1) is 0 Å². The second kappa shape index (κ2) is 8.00. The number of hydrogen-bond acceptors (Lipinski definition) is 5. The molecule has 3 rings (SSSR count). The summed E-state index contributed by atoms with van der Waals surface area (Å²) in [5.41, 5.74) is 2.19. The summed E-state index contributed by atoms with van der Waals surface area (Å²) in [5.74, 6) is 0.523. The van der Waals surface area contributed by atoms with E-state index < -0.39 is 0 Å². The maximum atomic E-state index is 12.3. The van der Waals surface area contributed by atoms with Crippen molar-refractivity contribution in [2.45, 2.75) is 6.54 Å². The molecule has 7 heteroatoms. The number of nitrogens with one attached hydrogen (secondary N) is 2. The number of hydrogen-bond donors (Lipinski definition) is 2. The number of anilines is 2. The number of carbonyl (C=O) groups is 1. The van der Waals surface area contributed by atoms with Crippen molar-refractivity contribution in [3.8, 4) is 5.75 Å². The van der Waals surface area contributed by atoms with Crippen LogP contribution in [-0.4, -0.2) is 18.0 Å². The van der Waals surface area contributed by atoms with Crippen molar-refractivity contribution in [1.82, 2.24) is 4.98 Å². The van der Waals surface area contributed by atoms with Crippen LogP contribution < -0.4 is 15.4 Å². The van der Waals surface area contributed by atoms with E-state index >= 15 is 0 Å². The highest BCUT2D eigenvalue weighted by Crippen LogP contribution is 2.20. The molecule has 0 unspecified atom stereocenters. The lowest BCUT2D eigenvalue weighted by molar-refractivity contribution is 0.102. The van der Waals surface area contributed by atoms with Gasteiger partial charge in [-0.15, -0.1) is 11.3 Å². The van der Waals surface area contributed by atoms with Gasteiger partial charge >= 0.3 is 0 Å². The number of benzene rings is 2. The average Bonchev–Trinajstić information content (AvgIpc) is 3.06. The molecule has 0 bridgehead atoms. The van der Waals surface area contributed by atoms with E-state index in [9.17, 15) is 4.79 Å². The summed E-state index contributed by atoms with van der Waals surface area (Å²) in [5, 5.41) is 6.12. The summed E-state index contributed by atoms with van der Waals surface area (Å²) in [4.78, 5) is 17.4. The Bertz CT molecular complexity index is 865. The van der Waals surface area contributed by atoms with Crippen molar-refractivity contribution < 1.29 is 9.53 Å². The van der Waals surface area contributed by atoms with Crippen molar-refractivity contribution in [3.05, 3.63) is 69.6 Å². The molecule has 25 heavy (non-hydrogen) atoms. The Balaban J connectivity index is 1.60. The lowest BCUT2D eigenvalue weighted by Crippen LogP contribution is -2.11. The van der Waals surface area contributed by atoms with E-state index in [0.29, 0.717) is 28.0 Å². The lowest BCUT2D eigenvalue weighted by Gasteiger charge is -2.08. The van der Waals surface area contributed by atoms with Gasteiger partial charge in [0.2, 0.25) is 0 Å². The standard InChI is InChI=1S/C18H16ClN3O2S/c1-24-15-4-2-3-14(9-15)22-17(23)12-5-7-13(8-6-12)20-10-16-11-21-18(19)25-16/h2-9,11,20H,10H2,1H3,(H,22,23). The quantitative estimate of drug-likeness (QED) is 0.659. The minimum atomic E-state index is -0.172. The zero-order chi connectivity index (χ0) is 17.6. The summed E-state index contributed by atoms with van der Waals surface area (Å²) in [6.45, 7) is 0.639. The van der Waals surface area contributed by atoms with E-state index in [2.05, 4.69) is 15.6 Å². The number of halogens is 1. The van der Waals surface area contributed by atoms with Crippen LogP contribution in [0.4, 0.5) is 11.4 Å². The van der Waals surface area contributed by atoms with Gasteiger partial charge in [0.15, 0.2) is 4.47 Å². The summed E-state index contributed by atoms with van der Waals surface area (Å²) in [6.07, 6.45) is 1.75. The number of aromatic nitrogens is 1. The first-order chi connectivity index (χ1) is 12.1. The van der Waals surface area contributed by atoms with Crippen LogP contribution in [0.5, 0.6) is 5.75 Å². The summed E-state index contributed by atoms with van der Waals surface area (Å²) >= 11 is 7.25. The Labute approximate surface area is 154 Å². The van der Waals surface area contributed by atoms with E-state index in [-0.39, 0.29) is 5.91 Å². The van der Waals surface area contributed by atoms with Gasteiger partial charge in [0.05, 0.1) is 13.7 Å². The first kappa shape index (κ1) is 17.3. The van der Waals surface area contributed by atoms with Crippen LogP contribution >= 0.6 is 22.9 Å². The number of carbonyl (C=O) groups excluding carboxylic acids is 1. The maximum absolute atomic E-state index is 12.3. The van der Waals surface area contributed by atoms with Gasteiger partial charge in [-0.3, -0.25) is 4.79 Å². The molecule has 1 aromatic heterocycles. The van der Waals surface area contributed by atoms with Crippen molar-refractivity contribution in [2.75, 3.05) is 17.7 Å². The third-order valence-corrected chi connectivity index (χ3v) is 4.58. The number of amides is 1. The SMILES string of the molecule is COc1cccc(NC(=O)c2ccc(NCc3cnc(Cl)s3)cc2)c1. The second-order valence-corrected chi connectivity index (χ2v) is 6.89. The van der Waals surface area contributed by atoms with Crippen LogP contribution in [-0.2, 0) is 6.54 Å². The van der Waals surface area contributed by atoms with Crippen molar-refractivity contribution >= 4 is 40.2 Å². The van der Waals surface area contributed by atoms with Crippen molar-refractivity contribution in [1.29, 1.82) is 0 Å². The maximum Gasteiger partial charge on any atom is 0.255 e. The van der Waals surface area contributed by atoms with Gasteiger partial charge in [-0.05, 0) is 36.4 Å². The average molecular weight is 374 g/mol. The number of nitrogens with zero attached hydrogens (tertiary/aromatic N) is 1. The smallest absolute Gasteiger partial charge is 0.255 e. The molecule has 0 fully saturated rings. The van der Waals surface area contributed by atoms with Crippen molar-refractivity contribution in [3.63, 3.8) is 0 Å². The van der Waals surface area contributed by atoms with Crippen LogP contribution in [0.3, 0.4) is 0 Å². The molecule has 0 saturated heterocycles. The first-order valence-corrected chi connectivity index (χ1v) is 8.73. The van der Waals surface area contributed by atoms with E-state index in [0.717, 1.165) is 10.6 Å². The highest BCUT2D eigenvalue weighted by Gasteiger charge is 2.07. The predicted molar refractivity (Wildman–Crippen MR) is 102 cm³/mol. The molecule has 0 atom stereocenters. The van der Waals surface area contributed by atoms with Crippen LogP contribution in [0.25, 0.3) is 0 Å². The number of thiazole rings is 1. The Kier molecular flexibility index (Phi) is 5.53. The highest BCUT2D eigenvalue weighted by atomic mass is 35.5. The Morgan fingerprint density at radius 1 is 1.20 bits per heavy atom. The van der Waals surface area contributed by atoms with Gasteiger partial charge in [-0.1, -0.05) is 17.7 Å². The minimum Gasteiger partial charge on any atom is -0.497 e. The molecule has 1 heterocycles. The molecule has 0 aliphatic rings. The van der Waals surface area contributed by atoms with Crippen LogP contribution in [0.2, 0.25) is 4.47 Å². The number of ether oxygens (including phenoxy) is 1. The number of methoxy groups -OCH3 is 1. The van der Waals surface area contributed by atoms with Gasteiger partial charge in [-0.2, -0.15) is 0 Å². The normalized spacial score (nSPS) is 10.3. The molecule has 1 amide bonds. The fourth-order valence-electron chi connectivity index (χ4n) is 2.20. The van der Waals surface area contributed by atoms with Gasteiger partial charge in [0.25, 0.3) is 5.91 Å². The zero-order valence-electron chi connectivity index (χ0n) is 13.5. The van der Waals surface area contributed by atoms with E-state index in [1.165, 1.54) is 11.3 Å². The highest BCUT2D eigenvalue weighted by molar-refractivity contribution is 7.15. The van der Waals surface area contributed by atoms with E-state index in [1.807, 2.05) is 30.3 Å². The fraction of sp³-hybridized carbons (Fsp3) is 0.111. The van der Waals surface area contributed by atoms with Crippen LogP contribution in [0.1, 0.15) is 15.2 Å². The molecule has 0 radical (unpaired) electrons. The summed E-state index contributed by atoms with van der Waals surface area (Å²) in [7, 11) is 1.59. The monoisotopic (exact) mass is 373 g/mol. The Hall–Kier alpha value is -2.57. The molecule has 128 valence electrons. The minimum absolute atomic E-state index is 0.172. The third kappa shape index (κ3) is 4.71. The van der Waals surface area contributed by atoms with Crippen LogP contribution in [0.15, 0.2) is 54.7 Å². The van der Waals surface area contributed by atoms with E-state index in [4.69, 9.17) is 16.3 Å². The molecule has 5 nitrogen and oxygen atoms in total. The molecule has 0 aliphatic heterocycles. The van der Waals surface area contributed by atoms with Gasteiger partial charge in [-0.25, -0.2) is 4.98 Å². The van der Waals surface area contributed by atoms with Gasteiger partial charge in [0.1, 0.15) is 5.75 Å².